The third kappa shape index (κ3) is 3.60. The van der Waals surface area contributed by atoms with Gasteiger partial charge in [-0.1, -0.05) is 42.5 Å². The highest BCUT2D eigenvalue weighted by atomic mass is 16.5. The van der Waals surface area contributed by atoms with E-state index in [1.165, 1.54) is 0 Å². The van der Waals surface area contributed by atoms with Crippen LogP contribution in [-0.4, -0.2) is 20.0 Å². The van der Waals surface area contributed by atoms with Crippen molar-refractivity contribution in [3.63, 3.8) is 0 Å². The molecule has 4 rings (SSSR count). The van der Waals surface area contributed by atoms with Crippen LogP contribution in [0.4, 0.5) is 0 Å². The molecule has 0 fully saturated rings. The minimum atomic E-state index is -0.0208. The number of hydrogen-bond acceptors (Lipinski definition) is 3. The van der Waals surface area contributed by atoms with Crippen molar-refractivity contribution in [3.8, 4) is 11.5 Å². The van der Waals surface area contributed by atoms with Crippen LogP contribution in [0.15, 0.2) is 78.9 Å². The molecule has 0 bridgehead atoms. The zero-order chi connectivity index (χ0) is 19.5. The Labute approximate surface area is 163 Å². The molecule has 4 aromatic rings. The second-order valence-corrected chi connectivity index (χ2v) is 6.60. The number of carbonyl (C=O) groups is 1. The van der Waals surface area contributed by atoms with Gasteiger partial charge in [0.1, 0.15) is 11.5 Å². The highest BCUT2D eigenvalue weighted by molar-refractivity contribution is 6.09. The molecule has 4 aromatic carbocycles. The van der Waals surface area contributed by atoms with Crippen LogP contribution in [-0.2, 0) is 0 Å². The largest absolute Gasteiger partial charge is 0.497 e. The van der Waals surface area contributed by atoms with Gasteiger partial charge in [-0.2, -0.15) is 0 Å². The number of allylic oxidation sites excluding steroid dienone is 1. The minimum Gasteiger partial charge on any atom is -0.497 e. The first-order valence-electron chi connectivity index (χ1n) is 9.04. The molecule has 28 heavy (non-hydrogen) atoms. The van der Waals surface area contributed by atoms with Crippen LogP contribution in [0.25, 0.3) is 27.6 Å². The summed E-state index contributed by atoms with van der Waals surface area (Å²) in [7, 11) is 3.31. The molecule has 0 spiro atoms. The molecule has 0 aliphatic carbocycles. The molecule has 0 saturated heterocycles. The molecule has 0 unspecified atom stereocenters. The summed E-state index contributed by atoms with van der Waals surface area (Å²) in [6.45, 7) is 0. The van der Waals surface area contributed by atoms with E-state index in [1.807, 2.05) is 72.8 Å². The van der Waals surface area contributed by atoms with Gasteiger partial charge in [-0.05, 0) is 69.6 Å². The molecule has 0 N–H and O–H groups in total. The molecular formula is C25H20O3. The second kappa shape index (κ2) is 7.57. The fourth-order valence-corrected chi connectivity index (χ4v) is 3.25. The van der Waals surface area contributed by atoms with Gasteiger partial charge in [-0.25, -0.2) is 0 Å². The summed E-state index contributed by atoms with van der Waals surface area (Å²) >= 11 is 0. The first-order chi connectivity index (χ1) is 13.7. The van der Waals surface area contributed by atoms with E-state index >= 15 is 0 Å². The minimum absolute atomic E-state index is 0.0208. The molecule has 3 heteroatoms. The van der Waals surface area contributed by atoms with E-state index in [2.05, 4.69) is 6.07 Å². The third-order valence-corrected chi connectivity index (χ3v) is 4.83. The highest BCUT2D eigenvalue weighted by Gasteiger charge is 2.05. The highest BCUT2D eigenvalue weighted by Crippen LogP contribution is 2.24. The molecule has 0 saturated carbocycles. The summed E-state index contributed by atoms with van der Waals surface area (Å²) < 4.78 is 10.5. The Morgan fingerprint density at radius 2 is 1.21 bits per heavy atom. The summed E-state index contributed by atoms with van der Waals surface area (Å²) in [5.41, 5.74) is 1.65. The molecule has 0 heterocycles. The fraction of sp³-hybridized carbons (Fsp3) is 0.0800. The van der Waals surface area contributed by atoms with Gasteiger partial charge in [-0.15, -0.1) is 0 Å². The molecule has 0 atom stereocenters. The van der Waals surface area contributed by atoms with Gasteiger partial charge in [0.2, 0.25) is 0 Å². The molecule has 138 valence electrons. The summed E-state index contributed by atoms with van der Waals surface area (Å²) in [5, 5.41) is 4.27. The maximum absolute atomic E-state index is 12.6. The van der Waals surface area contributed by atoms with Crippen LogP contribution in [0.1, 0.15) is 15.9 Å². The van der Waals surface area contributed by atoms with Crippen LogP contribution >= 0.6 is 0 Å². The van der Waals surface area contributed by atoms with Gasteiger partial charge >= 0.3 is 0 Å². The Morgan fingerprint density at radius 1 is 0.679 bits per heavy atom. The molecular weight excluding hydrogens is 348 g/mol. The smallest absolute Gasteiger partial charge is 0.185 e. The van der Waals surface area contributed by atoms with Crippen LogP contribution in [0.2, 0.25) is 0 Å². The molecule has 0 amide bonds. The third-order valence-electron chi connectivity index (χ3n) is 4.83. The monoisotopic (exact) mass is 368 g/mol. The molecule has 3 nitrogen and oxygen atoms in total. The Kier molecular flexibility index (Phi) is 4.81. The van der Waals surface area contributed by atoms with E-state index in [9.17, 15) is 4.79 Å². The molecule has 0 aromatic heterocycles. The van der Waals surface area contributed by atoms with Crippen molar-refractivity contribution in [2.75, 3.05) is 14.2 Å². The lowest BCUT2D eigenvalue weighted by Crippen LogP contribution is -1.94. The topological polar surface area (TPSA) is 35.5 Å². The van der Waals surface area contributed by atoms with Gasteiger partial charge in [0.05, 0.1) is 14.2 Å². The van der Waals surface area contributed by atoms with Crippen LogP contribution in [0, 0.1) is 0 Å². The average Bonchev–Trinajstić information content (AvgIpc) is 2.76. The van der Waals surface area contributed by atoms with Crippen LogP contribution in [0.3, 0.4) is 0 Å². The van der Waals surface area contributed by atoms with E-state index in [0.717, 1.165) is 38.6 Å². The lowest BCUT2D eigenvalue weighted by molar-refractivity contribution is 0.104. The summed E-state index contributed by atoms with van der Waals surface area (Å²) in [5.74, 6) is 1.62. The number of carbonyl (C=O) groups excluding carboxylic acids is 1. The predicted octanol–water partition coefficient (Wildman–Crippen LogP) is 5.91. The number of methoxy groups -OCH3 is 2. The van der Waals surface area contributed by atoms with Crippen molar-refractivity contribution in [2.24, 2.45) is 0 Å². The van der Waals surface area contributed by atoms with Crippen LogP contribution in [0.5, 0.6) is 11.5 Å². The lowest BCUT2D eigenvalue weighted by Gasteiger charge is -2.04. The van der Waals surface area contributed by atoms with E-state index in [0.29, 0.717) is 5.56 Å². The zero-order valence-corrected chi connectivity index (χ0v) is 15.8. The van der Waals surface area contributed by atoms with Crippen molar-refractivity contribution in [2.45, 2.75) is 0 Å². The van der Waals surface area contributed by atoms with E-state index < -0.39 is 0 Å². The molecule has 0 radical (unpaired) electrons. The van der Waals surface area contributed by atoms with Gasteiger partial charge in [0.15, 0.2) is 5.78 Å². The summed E-state index contributed by atoms with van der Waals surface area (Å²) in [6, 6.07) is 23.6. The quantitative estimate of drug-likeness (QED) is 0.325. The standard InChI is InChI=1S/C25H20O3/c1-27-23-10-8-18-13-17(3-5-20(18)15-23)4-12-25(26)22-7-6-21-16-24(28-2)11-9-19(21)14-22/h3-16H,1-2H3/b12-4+. The van der Waals surface area contributed by atoms with Crippen molar-refractivity contribution in [1.82, 2.24) is 0 Å². The van der Waals surface area contributed by atoms with Gasteiger partial charge in [-0.3, -0.25) is 4.79 Å². The number of benzene rings is 4. The zero-order valence-electron chi connectivity index (χ0n) is 15.8. The Balaban J connectivity index is 1.58. The SMILES string of the molecule is COc1ccc2cc(/C=C/C(=O)c3ccc4cc(OC)ccc4c3)ccc2c1. The van der Waals surface area contributed by atoms with Crippen LogP contribution < -0.4 is 9.47 Å². The number of fused-ring (bicyclic) bond motifs is 2. The number of hydrogen-bond donors (Lipinski definition) is 0. The number of ketones is 1. The fourth-order valence-electron chi connectivity index (χ4n) is 3.25. The summed E-state index contributed by atoms with van der Waals surface area (Å²) in [6.07, 6.45) is 3.47. The maximum atomic E-state index is 12.6. The second-order valence-electron chi connectivity index (χ2n) is 6.60. The van der Waals surface area contributed by atoms with Gasteiger partial charge in [0, 0.05) is 5.56 Å². The number of rotatable bonds is 5. The normalized spacial score (nSPS) is 11.2. The van der Waals surface area contributed by atoms with E-state index in [1.54, 1.807) is 20.3 Å². The first kappa shape index (κ1) is 17.8. The van der Waals surface area contributed by atoms with Crippen molar-refractivity contribution >= 4 is 33.4 Å². The Hall–Kier alpha value is -3.59. The average molecular weight is 368 g/mol. The predicted molar refractivity (Wildman–Crippen MR) is 114 cm³/mol. The first-order valence-corrected chi connectivity index (χ1v) is 9.04. The Morgan fingerprint density at radius 3 is 1.86 bits per heavy atom. The van der Waals surface area contributed by atoms with E-state index in [-0.39, 0.29) is 5.78 Å². The van der Waals surface area contributed by atoms with Gasteiger partial charge < -0.3 is 9.47 Å². The lowest BCUT2D eigenvalue weighted by atomic mass is 10.0. The van der Waals surface area contributed by atoms with Crippen molar-refractivity contribution in [3.05, 3.63) is 90.0 Å². The maximum Gasteiger partial charge on any atom is 0.185 e. The summed E-state index contributed by atoms with van der Waals surface area (Å²) in [4.78, 5) is 12.6. The van der Waals surface area contributed by atoms with E-state index in [4.69, 9.17) is 9.47 Å². The number of ether oxygens (including phenoxy) is 2. The van der Waals surface area contributed by atoms with Crippen molar-refractivity contribution in [1.29, 1.82) is 0 Å². The molecule has 0 aliphatic heterocycles. The Bertz CT molecular complexity index is 1210. The van der Waals surface area contributed by atoms with Crippen molar-refractivity contribution < 1.29 is 14.3 Å². The molecule has 0 aliphatic rings. The van der Waals surface area contributed by atoms with Gasteiger partial charge in [0.25, 0.3) is 0 Å².